The highest BCUT2D eigenvalue weighted by molar-refractivity contribution is 5.91. The van der Waals surface area contributed by atoms with Gasteiger partial charge in [-0.05, 0) is 34.8 Å². The normalized spacial score (nSPS) is 11.1. The van der Waals surface area contributed by atoms with Gasteiger partial charge in [-0.2, -0.15) is 0 Å². The van der Waals surface area contributed by atoms with Crippen molar-refractivity contribution in [3.05, 3.63) is 102 Å². The molecule has 1 heterocycles. The Bertz CT molecular complexity index is 753. The van der Waals surface area contributed by atoms with Crippen LogP contribution in [0.25, 0.3) is 0 Å². The van der Waals surface area contributed by atoms with Crippen LogP contribution in [-0.4, -0.2) is 17.3 Å². The van der Waals surface area contributed by atoms with Crippen LogP contribution >= 0.6 is 0 Å². The predicted octanol–water partition coefficient (Wildman–Crippen LogP) is 0.129. The fourth-order valence-electron chi connectivity index (χ4n) is 2.87. The average Bonchev–Trinajstić information content (AvgIpc) is 2.70. The molecule has 0 spiro atoms. The maximum absolute atomic E-state index is 5.70. The monoisotopic (exact) mass is 366 g/mol. The molecule has 0 saturated heterocycles. The topological polar surface area (TPSA) is 36.1 Å². The number of hydrogen-bond donors (Lipinski definition) is 1. The van der Waals surface area contributed by atoms with Gasteiger partial charge in [0, 0.05) is 19.0 Å². The molecule has 0 radical (unpaired) electrons. The Labute approximate surface area is 161 Å². The number of aromatic nitrogens is 1. The maximum atomic E-state index is 5.70. The zero-order valence-corrected chi connectivity index (χ0v) is 15.6. The number of rotatable bonds is 7. The van der Waals surface area contributed by atoms with Gasteiger partial charge in [-0.1, -0.05) is 66.7 Å². The summed E-state index contributed by atoms with van der Waals surface area (Å²) < 4.78 is 0. The minimum Gasteiger partial charge on any atom is -1.00 e. The summed E-state index contributed by atoms with van der Waals surface area (Å²) in [4.78, 5) is 10.0. The van der Waals surface area contributed by atoms with Gasteiger partial charge >= 0.3 is 0 Å². The molecule has 0 unspecified atom stereocenters. The number of halogens is 1. The minimum atomic E-state index is 0. The molecule has 2 aromatic carbocycles. The molecule has 1 N–H and O–H groups in total. The van der Waals surface area contributed by atoms with E-state index in [1.54, 1.807) is 6.20 Å². The van der Waals surface area contributed by atoms with Crippen LogP contribution < -0.4 is 17.6 Å². The summed E-state index contributed by atoms with van der Waals surface area (Å²) in [6, 6.07) is 27.0. The summed E-state index contributed by atoms with van der Waals surface area (Å²) in [7, 11) is 0. The third-order valence-electron chi connectivity index (χ3n) is 4.19. The van der Waals surface area contributed by atoms with Crippen molar-refractivity contribution in [2.75, 3.05) is 6.61 Å². The lowest BCUT2D eigenvalue weighted by molar-refractivity contribution is -0.753. The highest BCUT2D eigenvalue weighted by Crippen LogP contribution is 2.27. The number of nitrogens with one attached hydrogen (secondary N) is 1. The van der Waals surface area contributed by atoms with Crippen LogP contribution in [0.1, 0.15) is 36.1 Å². The van der Waals surface area contributed by atoms with E-state index in [-0.39, 0.29) is 12.4 Å². The van der Waals surface area contributed by atoms with Crippen molar-refractivity contribution in [3.63, 3.8) is 0 Å². The van der Waals surface area contributed by atoms with Crippen molar-refractivity contribution in [2.45, 2.75) is 19.3 Å². The molecule has 0 saturated carbocycles. The molecule has 0 aliphatic heterocycles. The van der Waals surface area contributed by atoms with Gasteiger partial charge in [0.25, 0.3) is 0 Å². The van der Waals surface area contributed by atoms with Gasteiger partial charge in [-0.15, -0.1) is 0 Å². The van der Waals surface area contributed by atoms with Crippen molar-refractivity contribution < 1.29 is 22.4 Å². The van der Waals surface area contributed by atoms with Crippen LogP contribution in [0.5, 0.6) is 0 Å². The third-order valence-corrected chi connectivity index (χ3v) is 4.19. The summed E-state index contributed by atoms with van der Waals surface area (Å²) in [6.45, 7) is 2.58. The quantitative estimate of drug-likeness (QED) is 0.366. The van der Waals surface area contributed by atoms with E-state index in [0.29, 0.717) is 12.5 Å². The van der Waals surface area contributed by atoms with E-state index in [1.807, 2.05) is 25.1 Å². The Hall–Kier alpha value is -2.65. The molecule has 0 bridgehead atoms. The van der Waals surface area contributed by atoms with E-state index in [4.69, 9.17) is 4.84 Å². The van der Waals surface area contributed by atoms with Crippen LogP contribution in [0, 0.1) is 0 Å². The fourth-order valence-corrected chi connectivity index (χ4v) is 2.87. The molecule has 0 fully saturated rings. The van der Waals surface area contributed by atoms with Gasteiger partial charge < -0.3 is 12.4 Å². The predicted molar refractivity (Wildman–Crippen MR) is 100 cm³/mol. The van der Waals surface area contributed by atoms with E-state index < -0.39 is 0 Å². The molecule has 3 nitrogen and oxygen atoms in total. The molecule has 134 valence electrons. The Morgan fingerprint density at radius 2 is 1.46 bits per heavy atom. The van der Waals surface area contributed by atoms with Crippen LogP contribution in [0.3, 0.4) is 0 Å². The first kappa shape index (κ1) is 19.7. The Morgan fingerprint density at radius 1 is 0.885 bits per heavy atom. The minimum absolute atomic E-state index is 0. The van der Waals surface area contributed by atoms with Crippen molar-refractivity contribution in [3.8, 4) is 0 Å². The zero-order chi connectivity index (χ0) is 17.3. The van der Waals surface area contributed by atoms with E-state index in [9.17, 15) is 0 Å². The number of benzene rings is 2. The van der Waals surface area contributed by atoms with Crippen molar-refractivity contribution in [2.24, 2.45) is 0 Å². The molecule has 0 aliphatic carbocycles. The first-order valence-electron chi connectivity index (χ1n) is 8.57. The van der Waals surface area contributed by atoms with Gasteiger partial charge in [0.05, 0.1) is 0 Å². The zero-order valence-electron chi connectivity index (χ0n) is 14.8. The number of pyridine rings is 1. The van der Waals surface area contributed by atoms with Crippen molar-refractivity contribution in [1.82, 2.24) is 4.98 Å². The lowest BCUT2D eigenvalue weighted by Crippen LogP contribution is -3.00. The van der Waals surface area contributed by atoms with Gasteiger partial charge in [-0.3, -0.25) is 9.82 Å². The van der Waals surface area contributed by atoms with Crippen molar-refractivity contribution in [1.29, 1.82) is 0 Å². The second kappa shape index (κ2) is 10.4. The molecule has 3 rings (SSSR count). The third kappa shape index (κ3) is 5.43. The summed E-state index contributed by atoms with van der Waals surface area (Å²) in [5.41, 5.74) is 4.42. The van der Waals surface area contributed by atoms with Crippen LogP contribution in [0.4, 0.5) is 0 Å². The molecular weight excluding hydrogens is 344 g/mol. The molecule has 3 aromatic rings. The summed E-state index contributed by atoms with van der Waals surface area (Å²) in [5, 5.41) is 3.01. The van der Waals surface area contributed by atoms with Gasteiger partial charge in [0.2, 0.25) is 5.71 Å². The van der Waals surface area contributed by atoms with E-state index in [2.05, 4.69) is 70.8 Å². The smallest absolute Gasteiger partial charge is 0.247 e. The number of nitrogens with zero attached hydrogens (tertiary/aromatic N) is 1. The highest BCUT2D eigenvalue weighted by atomic mass is 35.5. The van der Waals surface area contributed by atoms with Gasteiger partial charge in [0.15, 0.2) is 6.61 Å². The largest absolute Gasteiger partial charge is 1.00 e. The van der Waals surface area contributed by atoms with Gasteiger partial charge in [-0.25, -0.2) is 0 Å². The fraction of sp³-hybridized carbons (Fsp3) is 0.182. The first-order chi connectivity index (χ1) is 12.3. The second-order valence-corrected chi connectivity index (χ2v) is 5.95. The van der Waals surface area contributed by atoms with Crippen LogP contribution in [0.2, 0.25) is 0 Å². The standard InChI is InChI=1S/C22H22N2O.ClH/c1-18(22-14-8-9-16-23-22)24-25-17-15-21(19-10-4-2-5-11-19)20-12-6-3-7-13-20;/h2-14,16,21H,15,17H2,1H3;1H. The summed E-state index contributed by atoms with van der Waals surface area (Å²) in [6.07, 6.45) is 2.68. The number of hydrogen-bond acceptors (Lipinski definition) is 2. The molecule has 1 aromatic heterocycles. The molecule has 0 amide bonds. The molecule has 4 heteroatoms. The summed E-state index contributed by atoms with van der Waals surface area (Å²) in [5.74, 6) is 0.319. The van der Waals surface area contributed by atoms with Gasteiger partial charge in [0.1, 0.15) is 5.69 Å². The summed E-state index contributed by atoms with van der Waals surface area (Å²) >= 11 is 0. The van der Waals surface area contributed by atoms with E-state index >= 15 is 0 Å². The molecule has 0 atom stereocenters. The molecule has 0 aliphatic rings. The highest BCUT2D eigenvalue weighted by Gasteiger charge is 2.14. The van der Waals surface area contributed by atoms with E-state index in [1.165, 1.54) is 11.1 Å². The Morgan fingerprint density at radius 3 is 2.00 bits per heavy atom. The Balaban J connectivity index is 0.00000243. The lowest BCUT2D eigenvalue weighted by atomic mass is 9.89. The molecular formula is C22H23ClN2O. The van der Waals surface area contributed by atoms with Crippen LogP contribution in [0.15, 0.2) is 85.1 Å². The Kier molecular flexibility index (Phi) is 7.84. The SMILES string of the molecule is CC(=[NH+]OCCC(c1ccccc1)c1ccccc1)c1ccccn1.[Cl-]. The average molecular weight is 367 g/mol. The van der Waals surface area contributed by atoms with Crippen molar-refractivity contribution >= 4 is 5.71 Å². The first-order valence-corrected chi connectivity index (χ1v) is 8.57. The van der Waals surface area contributed by atoms with Crippen LogP contribution in [-0.2, 0) is 4.84 Å². The van der Waals surface area contributed by atoms with E-state index in [0.717, 1.165) is 17.8 Å². The lowest BCUT2D eigenvalue weighted by Gasteiger charge is -2.16. The molecule has 26 heavy (non-hydrogen) atoms. The second-order valence-electron chi connectivity index (χ2n) is 5.95. The maximum Gasteiger partial charge on any atom is 0.247 e.